The van der Waals surface area contributed by atoms with Crippen LogP contribution in [0.4, 0.5) is 0 Å². The van der Waals surface area contributed by atoms with Gasteiger partial charge in [-0.15, -0.1) is 11.3 Å². The second-order valence-corrected chi connectivity index (χ2v) is 6.34. The molecule has 2 heterocycles. The van der Waals surface area contributed by atoms with Gasteiger partial charge in [-0.2, -0.15) is 0 Å². The maximum Gasteiger partial charge on any atom is 0.263 e. The van der Waals surface area contributed by atoms with Gasteiger partial charge in [0, 0.05) is 12.6 Å². The fraction of sp³-hybridized carbons (Fsp3) is 0.714. The molecule has 0 radical (unpaired) electrons. The lowest BCUT2D eigenvalue weighted by atomic mass is 10.0. The van der Waals surface area contributed by atoms with Crippen LogP contribution in [-0.2, 0) is 0 Å². The summed E-state index contributed by atoms with van der Waals surface area (Å²) in [4.78, 5) is 19.7. The van der Waals surface area contributed by atoms with E-state index >= 15 is 0 Å². The van der Waals surface area contributed by atoms with E-state index in [1.807, 2.05) is 13.8 Å². The van der Waals surface area contributed by atoms with Crippen LogP contribution in [0.2, 0.25) is 0 Å². The molecule has 1 aromatic rings. The van der Waals surface area contributed by atoms with E-state index in [0.717, 1.165) is 35.2 Å². The lowest BCUT2D eigenvalue weighted by Gasteiger charge is -2.34. The van der Waals surface area contributed by atoms with Crippen LogP contribution in [0, 0.1) is 13.8 Å². The zero-order chi connectivity index (χ0) is 13.8. The largest absolute Gasteiger partial charge is 0.350 e. The summed E-state index contributed by atoms with van der Waals surface area (Å²) in [5.41, 5.74) is 0.844. The van der Waals surface area contributed by atoms with Gasteiger partial charge in [0.15, 0.2) is 0 Å². The second-order valence-electron chi connectivity index (χ2n) is 5.14. The quantitative estimate of drug-likeness (QED) is 0.921. The normalized spacial score (nSPS) is 20.5. The molecule has 1 aliphatic rings. The third-order valence-corrected chi connectivity index (χ3v) is 4.83. The maximum atomic E-state index is 12.2. The standard InChI is InChI=1S/C14H23N3OS/c1-4-17-8-6-5-7-12(17)9-15-14(18)13-10(2)16-11(3)19-13/h12H,4-9H2,1-3H3,(H,15,18). The third kappa shape index (κ3) is 3.54. The molecule has 4 nitrogen and oxygen atoms in total. The van der Waals surface area contributed by atoms with Crippen molar-refractivity contribution in [3.05, 3.63) is 15.6 Å². The number of aryl methyl sites for hydroxylation is 2. The Morgan fingerprint density at radius 1 is 1.47 bits per heavy atom. The van der Waals surface area contributed by atoms with Crippen LogP contribution in [0.3, 0.4) is 0 Å². The highest BCUT2D eigenvalue weighted by atomic mass is 32.1. The van der Waals surface area contributed by atoms with E-state index in [9.17, 15) is 4.79 Å². The first-order chi connectivity index (χ1) is 9.11. The van der Waals surface area contributed by atoms with Crippen molar-refractivity contribution in [1.82, 2.24) is 15.2 Å². The molecule has 1 amide bonds. The van der Waals surface area contributed by atoms with Crippen LogP contribution >= 0.6 is 11.3 Å². The first kappa shape index (κ1) is 14.5. The molecule has 5 heteroatoms. The Balaban J connectivity index is 1.91. The van der Waals surface area contributed by atoms with E-state index < -0.39 is 0 Å². The van der Waals surface area contributed by atoms with Crippen LogP contribution in [0.1, 0.15) is 46.6 Å². The molecule has 0 aromatic carbocycles. The summed E-state index contributed by atoms with van der Waals surface area (Å²) in [6.45, 7) is 9.01. The highest BCUT2D eigenvalue weighted by molar-refractivity contribution is 7.13. The SMILES string of the molecule is CCN1CCCCC1CNC(=O)c1sc(C)nc1C. The van der Waals surface area contributed by atoms with Crippen LogP contribution in [0.5, 0.6) is 0 Å². The number of nitrogens with zero attached hydrogens (tertiary/aromatic N) is 2. The number of likely N-dealkylation sites (N-methyl/N-ethyl adjacent to an activating group) is 1. The lowest BCUT2D eigenvalue weighted by molar-refractivity contribution is 0.0921. The second kappa shape index (κ2) is 6.48. The van der Waals surface area contributed by atoms with E-state index in [-0.39, 0.29) is 5.91 Å². The number of carbonyl (C=O) groups excluding carboxylic acids is 1. The molecule has 1 aromatic heterocycles. The smallest absolute Gasteiger partial charge is 0.263 e. The molecule has 1 fully saturated rings. The first-order valence-electron chi connectivity index (χ1n) is 7.08. The Morgan fingerprint density at radius 3 is 2.89 bits per heavy atom. The molecule has 1 N–H and O–H groups in total. The Hall–Kier alpha value is -0.940. The fourth-order valence-corrected chi connectivity index (χ4v) is 3.58. The third-order valence-electron chi connectivity index (χ3n) is 3.76. The van der Waals surface area contributed by atoms with Crippen LogP contribution in [0.15, 0.2) is 0 Å². The number of thiazole rings is 1. The van der Waals surface area contributed by atoms with Gasteiger partial charge < -0.3 is 5.32 Å². The average Bonchev–Trinajstić information content (AvgIpc) is 2.75. The molecule has 0 bridgehead atoms. The molecule has 0 spiro atoms. The van der Waals surface area contributed by atoms with Gasteiger partial charge >= 0.3 is 0 Å². The Bertz CT molecular complexity index is 444. The van der Waals surface area contributed by atoms with Crippen molar-refractivity contribution < 1.29 is 4.79 Å². The summed E-state index contributed by atoms with van der Waals surface area (Å²) in [6.07, 6.45) is 3.75. The zero-order valence-corrected chi connectivity index (χ0v) is 12.8. The number of likely N-dealkylation sites (tertiary alicyclic amines) is 1. The Kier molecular flexibility index (Phi) is 4.93. The van der Waals surface area contributed by atoms with Gasteiger partial charge in [-0.1, -0.05) is 13.3 Å². The molecule has 19 heavy (non-hydrogen) atoms. The van der Waals surface area contributed by atoms with Crippen LogP contribution in [0.25, 0.3) is 0 Å². The van der Waals surface area contributed by atoms with Gasteiger partial charge in [0.05, 0.1) is 10.7 Å². The van der Waals surface area contributed by atoms with Crippen molar-refractivity contribution in [3.63, 3.8) is 0 Å². The minimum Gasteiger partial charge on any atom is -0.350 e. The number of hydrogen-bond donors (Lipinski definition) is 1. The van der Waals surface area contributed by atoms with Gasteiger partial charge in [-0.3, -0.25) is 9.69 Å². The molecule has 106 valence electrons. The van der Waals surface area contributed by atoms with Crippen LogP contribution in [-0.4, -0.2) is 41.5 Å². The molecule has 1 atom stereocenters. The average molecular weight is 281 g/mol. The topological polar surface area (TPSA) is 45.2 Å². The minimum absolute atomic E-state index is 0.0322. The molecule has 1 unspecified atom stereocenters. The number of carbonyl (C=O) groups is 1. The van der Waals surface area contributed by atoms with E-state index in [0.29, 0.717) is 6.04 Å². The van der Waals surface area contributed by atoms with Crippen molar-refractivity contribution in [1.29, 1.82) is 0 Å². The predicted octanol–water partition coefficient (Wildman–Crippen LogP) is 2.36. The highest BCUT2D eigenvalue weighted by Crippen LogP contribution is 2.18. The van der Waals surface area contributed by atoms with Gasteiger partial charge in [-0.05, 0) is 39.8 Å². The number of amides is 1. The predicted molar refractivity (Wildman–Crippen MR) is 78.8 cm³/mol. The van der Waals surface area contributed by atoms with Gasteiger partial charge in [-0.25, -0.2) is 4.98 Å². The highest BCUT2D eigenvalue weighted by Gasteiger charge is 2.22. The summed E-state index contributed by atoms with van der Waals surface area (Å²) >= 11 is 1.48. The Labute approximate surface area is 119 Å². The minimum atomic E-state index is 0.0322. The summed E-state index contributed by atoms with van der Waals surface area (Å²) in [5, 5.41) is 4.03. The summed E-state index contributed by atoms with van der Waals surface area (Å²) in [5.74, 6) is 0.0322. The molecular formula is C14H23N3OS. The van der Waals surface area contributed by atoms with E-state index in [2.05, 4.69) is 22.1 Å². The fourth-order valence-electron chi connectivity index (χ4n) is 2.74. The summed E-state index contributed by atoms with van der Waals surface area (Å²) in [7, 11) is 0. The first-order valence-corrected chi connectivity index (χ1v) is 7.89. The number of rotatable bonds is 4. The molecule has 1 aliphatic heterocycles. The maximum absolute atomic E-state index is 12.2. The molecule has 1 saturated heterocycles. The lowest BCUT2D eigenvalue weighted by Crippen LogP contribution is -2.46. The molecule has 0 aliphatic carbocycles. The van der Waals surface area contributed by atoms with Gasteiger partial charge in [0.1, 0.15) is 4.88 Å². The summed E-state index contributed by atoms with van der Waals surface area (Å²) in [6, 6.07) is 0.497. The summed E-state index contributed by atoms with van der Waals surface area (Å²) < 4.78 is 0. The van der Waals surface area contributed by atoms with Crippen molar-refractivity contribution in [2.24, 2.45) is 0 Å². The van der Waals surface area contributed by atoms with Gasteiger partial charge in [0.25, 0.3) is 5.91 Å². The Morgan fingerprint density at radius 2 is 2.26 bits per heavy atom. The van der Waals surface area contributed by atoms with Crippen molar-refractivity contribution in [2.75, 3.05) is 19.6 Å². The number of hydrogen-bond acceptors (Lipinski definition) is 4. The van der Waals surface area contributed by atoms with E-state index in [1.54, 1.807) is 0 Å². The zero-order valence-electron chi connectivity index (χ0n) is 12.0. The van der Waals surface area contributed by atoms with Crippen molar-refractivity contribution >= 4 is 17.2 Å². The number of nitrogens with one attached hydrogen (secondary N) is 1. The van der Waals surface area contributed by atoms with Crippen molar-refractivity contribution in [2.45, 2.75) is 46.1 Å². The molecule has 0 saturated carbocycles. The number of piperidine rings is 1. The van der Waals surface area contributed by atoms with E-state index in [4.69, 9.17) is 0 Å². The van der Waals surface area contributed by atoms with E-state index in [1.165, 1.54) is 30.6 Å². The van der Waals surface area contributed by atoms with Gasteiger partial charge in [0.2, 0.25) is 0 Å². The van der Waals surface area contributed by atoms with Crippen LogP contribution < -0.4 is 5.32 Å². The number of aromatic nitrogens is 1. The van der Waals surface area contributed by atoms with Crippen molar-refractivity contribution in [3.8, 4) is 0 Å². The molecular weight excluding hydrogens is 258 g/mol. The monoisotopic (exact) mass is 281 g/mol. The molecule has 2 rings (SSSR count).